The number of carbonyl (C=O) groups excluding carboxylic acids is 1. The Hall–Kier alpha value is -2.61. The molecule has 0 unspecified atom stereocenters. The lowest BCUT2D eigenvalue weighted by Gasteiger charge is -2.05. The molecule has 3 N–H and O–H groups in total. The van der Waals surface area contributed by atoms with Gasteiger partial charge >= 0.3 is 6.09 Å². The van der Waals surface area contributed by atoms with Gasteiger partial charge in [0.05, 0.1) is 16.1 Å². The molecular weight excluding hydrogens is 315 g/mol. The van der Waals surface area contributed by atoms with Gasteiger partial charge in [-0.1, -0.05) is 28.0 Å². The summed E-state index contributed by atoms with van der Waals surface area (Å²) in [6, 6.07) is 4.19. The molecule has 0 saturated carbocycles. The second kappa shape index (κ2) is 6.44. The Kier molecular flexibility index (Phi) is 4.62. The number of nitrogens with one attached hydrogen (secondary N) is 1. The quantitative estimate of drug-likeness (QED) is 0.390. The number of hydrogen-bond acceptors (Lipinski definition) is 5. The summed E-state index contributed by atoms with van der Waals surface area (Å²) in [4.78, 5) is 15.5. The Balaban J connectivity index is 2.51. The summed E-state index contributed by atoms with van der Waals surface area (Å²) in [5.74, 6) is -0.519. The van der Waals surface area contributed by atoms with Gasteiger partial charge in [-0.2, -0.15) is 0 Å². The van der Waals surface area contributed by atoms with E-state index in [-0.39, 0.29) is 33.4 Å². The minimum atomic E-state index is -0.803. The average molecular weight is 327 g/mol. The first kappa shape index (κ1) is 15.8. The fraction of sp³-hybridized carbons (Fsp3) is 0.154. The highest BCUT2D eigenvalue weighted by Crippen LogP contribution is 2.33. The lowest BCUT2D eigenvalue weighted by Crippen LogP contribution is -2.21. The van der Waals surface area contributed by atoms with Crippen LogP contribution in [0.5, 0.6) is 0 Å². The van der Waals surface area contributed by atoms with Crippen LogP contribution in [0.4, 0.5) is 9.18 Å². The van der Waals surface area contributed by atoms with Crippen LogP contribution in [-0.4, -0.2) is 24.1 Å². The molecule has 0 aliphatic carbocycles. The van der Waals surface area contributed by atoms with E-state index in [1.165, 1.54) is 25.2 Å². The van der Waals surface area contributed by atoms with Crippen LogP contribution in [0.15, 0.2) is 27.9 Å². The molecular formula is C13H12ClFN4O3. The molecule has 0 saturated heterocycles. The van der Waals surface area contributed by atoms with Crippen LogP contribution in [0.25, 0.3) is 11.3 Å². The largest absolute Gasteiger partial charge is 0.433 e. The number of aromatic nitrogens is 1. The Morgan fingerprint density at radius 1 is 1.55 bits per heavy atom. The van der Waals surface area contributed by atoms with E-state index in [0.29, 0.717) is 0 Å². The van der Waals surface area contributed by atoms with Crippen molar-refractivity contribution in [1.29, 1.82) is 0 Å². The van der Waals surface area contributed by atoms with E-state index in [0.717, 1.165) is 0 Å². The molecule has 2 aromatic rings. The number of hydrogen-bond donors (Lipinski definition) is 2. The molecule has 0 radical (unpaired) electrons. The molecule has 0 bridgehead atoms. The summed E-state index contributed by atoms with van der Waals surface area (Å²) in [6.45, 7) is 1.56. The van der Waals surface area contributed by atoms with Crippen molar-refractivity contribution < 1.29 is 18.5 Å². The number of aryl methyl sites for hydroxylation is 1. The number of nitrogens with zero attached hydrogens (tertiary/aromatic N) is 2. The van der Waals surface area contributed by atoms with Gasteiger partial charge in [-0.15, -0.1) is 0 Å². The molecule has 0 fully saturated rings. The lowest BCUT2D eigenvalue weighted by molar-refractivity contribution is 0.153. The van der Waals surface area contributed by atoms with Gasteiger partial charge in [0.2, 0.25) is 0 Å². The summed E-state index contributed by atoms with van der Waals surface area (Å²) in [5, 5.41) is 9.55. The third-order valence-corrected chi connectivity index (χ3v) is 3.06. The number of oxime groups is 1. The maximum absolute atomic E-state index is 14.0. The molecule has 22 heavy (non-hydrogen) atoms. The van der Waals surface area contributed by atoms with Crippen LogP contribution in [0, 0.1) is 12.7 Å². The Labute approximate surface area is 129 Å². The first-order valence-corrected chi connectivity index (χ1v) is 6.46. The smallest absolute Gasteiger partial charge is 0.380 e. The van der Waals surface area contributed by atoms with Crippen molar-refractivity contribution in [3.05, 3.63) is 40.4 Å². The van der Waals surface area contributed by atoms with Gasteiger partial charge in [0.25, 0.3) is 0 Å². The van der Waals surface area contributed by atoms with Gasteiger partial charge in [0.15, 0.2) is 5.84 Å². The summed E-state index contributed by atoms with van der Waals surface area (Å²) >= 11 is 6.00. The first-order valence-electron chi connectivity index (χ1n) is 6.09. The highest BCUT2D eigenvalue weighted by atomic mass is 35.5. The zero-order chi connectivity index (χ0) is 16.3. The van der Waals surface area contributed by atoms with Gasteiger partial charge in [0, 0.05) is 7.05 Å². The number of nitrogens with two attached hydrogens (primary N) is 1. The maximum atomic E-state index is 14.0. The van der Waals surface area contributed by atoms with E-state index in [1.807, 2.05) is 0 Å². The molecule has 1 aromatic carbocycles. The predicted octanol–water partition coefficient (Wildman–Crippen LogP) is 2.42. The predicted molar refractivity (Wildman–Crippen MR) is 77.9 cm³/mol. The fourth-order valence-electron chi connectivity index (χ4n) is 1.75. The molecule has 1 heterocycles. The van der Waals surface area contributed by atoms with Crippen LogP contribution >= 0.6 is 11.6 Å². The second-order valence-corrected chi connectivity index (χ2v) is 4.57. The monoisotopic (exact) mass is 326 g/mol. The van der Waals surface area contributed by atoms with Gasteiger partial charge in [-0.3, -0.25) is 4.84 Å². The highest BCUT2D eigenvalue weighted by Gasteiger charge is 2.23. The molecule has 1 aromatic heterocycles. The van der Waals surface area contributed by atoms with Gasteiger partial charge < -0.3 is 15.6 Å². The molecule has 0 aliphatic heterocycles. The van der Waals surface area contributed by atoms with E-state index in [1.54, 1.807) is 6.92 Å². The van der Waals surface area contributed by atoms with Crippen LogP contribution < -0.4 is 11.1 Å². The third-order valence-electron chi connectivity index (χ3n) is 2.75. The summed E-state index contributed by atoms with van der Waals surface area (Å²) in [7, 11) is 1.36. The van der Waals surface area contributed by atoms with Crippen molar-refractivity contribution in [2.75, 3.05) is 7.05 Å². The van der Waals surface area contributed by atoms with Crippen molar-refractivity contribution in [1.82, 2.24) is 10.5 Å². The average Bonchev–Trinajstić information content (AvgIpc) is 2.86. The van der Waals surface area contributed by atoms with E-state index >= 15 is 0 Å². The summed E-state index contributed by atoms with van der Waals surface area (Å²) < 4.78 is 19.0. The van der Waals surface area contributed by atoms with Gasteiger partial charge in [-0.25, -0.2) is 9.18 Å². The van der Waals surface area contributed by atoms with Crippen LogP contribution in [0.3, 0.4) is 0 Å². The number of amides is 1. The van der Waals surface area contributed by atoms with Crippen molar-refractivity contribution in [2.24, 2.45) is 10.9 Å². The molecule has 0 atom stereocenters. The summed E-state index contributed by atoms with van der Waals surface area (Å²) in [5.41, 5.74) is 6.05. The Morgan fingerprint density at radius 3 is 2.91 bits per heavy atom. The standard InChI is InChI=1S/C13H12ClFN4O3/c1-6-9(12(16)19-22-13(20)17-2)11(18-21-6)10-7(14)4-3-5-8(10)15/h3-5H,1-2H3,(H2,16,19)(H,17,20). The van der Waals surface area contributed by atoms with Gasteiger partial charge in [0.1, 0.15) is 17.3 Å². The van der Waals surface area contributed by atoms with E-state index in [4.69, 9.17) is 21.9 Å². The summed E-state index contributed by atoms with van der Waals surface area (Å²) in [6.07, 6.45) is -0.803. The molecule has 0 aliphatic rings. The Bertz CT molecular complexity index is 725. The number of amidine groups is 1. The SMILES string of the molecule is CNC(=O)ON=C(N)c1c(-c2c(F)cccc2Cl)noc1C. The van der Waals surface area contributed by atoms with Crippen LogP contribution in [-0.2, 0) is 4.84 Å². The Morgan fingerprint density at radius 2 is 2.27 bits per heavy atom. The second-order valence-electron chi connectivity index (χ2n) is 4.16. The van der Waals surface area contributed by atoms with E-state index in [2.05, 4.69) is 20.5 Å². The number of halogens is 2. The number of rotatable bonds is 3. The van der Waals surface area contributed by atoms with Crippen molar-refractivity contribution in [3.8, 4) is 11.3 Å². The van der Waals surface area contributed by atoms with Crippen molar-refractivity contribution >= 4 is 23.5 Å². The minimum absolute atomic E-state index is 0.0223. The number of benzene rings is 1. The zero-order valence-electron chi connectivity index (χ0n) is 11.7. The molecule has 0 spiro atoms. The van der Waals surface area contributed by atoms with E-state index < -0.39 is 11.9 Å². The fourth-order valence-corrected chi connectivity index (χ4v) is 2.00. The van der Waals surface area contributed by atoms with Crippen molar-refractivity contribution in [2.45, 2.75) is 6.92 Å². The number of carbonyl (C=O) groups is 1. The topological polar surface area (TPSA) is 103 Å². The van der Waals surface area contributed by atoms with Crippen LogP contribution in [0.1, 0.15) is 11.3 Å². The molecule has 9 heteroatoms. The molecule has 116 valence electrons. The van der Waals surface area contributed by atoms with Gasteiger partial charge in [-0.05, 0) is 19.1 Å². The lowest BCUT2D eigenvalue weighted by atomic mass is 10.0. The maximum Gasteiger partial charge on any atom is 0.433 e. The molecule has 7 nitrogen and oxygen atoms in total. The highest BCUT2D eigenvalue weighted by molar-refractivity contribution is 6.33. The zero-order valence-corrected chi connectivity index (χ0v) is 12.4. The minimum Gasteiger partial charge on any atom is -0.380 e. The van der Waals surface area contributed by atoms with Crippen molar-refractivity contribution in [3.63, 3.8) is 0 Å². The van der Waals surface area contributed by atoms with E-state index in [9.17, 15) is 9.18 Å². The molecule has 1 amide bonds. The first-order chi connectivity index (χ1) is 10.5. The van der Waals surface area contributed by atoms with Crippen LogP contribution in [0.2, 0.25) is 5.02 Å². The third kappa shape index (κ3) is 3.01. The molecule has 2 rings (SSSR count). The normalized spacial score (nSPS) is 11.4.